The number of anilines is 1. The zero-order chi connectivity index (χ0) is 12.8. The van der Waals surface area contributed by atoms with E-state index in [0.717, 1.165) is 13.0 Å². The Labute approximate surface area is 104 Å². The van der Waals surface area contributed by atoms with Crippen LogP contribution in [0.5, 0.6) is 0 Å². The summed E-state index contributed by atoms with van der Waals surface area (Å²) in [5, 5.41) is 10.1. The fourth-order valence-electron chi connectivity index (χ4n) is 3.07. The second-order valence-corrected chi connectivity index (χ2v) is 5.86. The molecule has 0 spiro atoms. The van der Waals surface area contributed by atoms with Gasteiger partial charge in [0.2, 0.25) is 0 Å². The van der Waals surface area contributed by atoms with Crippen LogP contribution in [0.15, 0.2) is 12.1 Å². The molecule has 1 saturated heterocycles. The zero-order valence-electron chi connectivity index (χ0n) is 11.5. The number of aliphatic hydroxyl groups excluding tert-OH is 1. The van der Waals surface area contributed by atoms with Gasteiger partial charge in [-0.1, -0.05) is 17.7 Å². The van der Waals surface area contributed by atoms with Crippen molar-refractivity contribution in [3.63, 3.8) is 0 Å². The lowest BCUT2D eigenvalue weighted by Gasteiger charge is -2.37. The Kier molecular flexibility index (Phi) is 2.94. The summed E-state index contributed by atoms with van der Waals surface area (Å²) >= 11 is 0. The number of rotatable bonds is 1. The molecule has 0 radical (unpaired) electrons. The maximum atomic E-state index is 10.1. The van der Waals surface area contributed by atoms with Crippen LogP contribution in [0.4, 0.5) is 5.69 Å². The second kappa shape index (κ2) is 4.02. The molecule has 0 bridgehead atoms. The number of aryl methyl sites for hydroxylation is 3. The van der Waals surface area contributed by atoms with Crippen molar-refractivity contribution in [1.82, 2.24) is 0 Å². The summed E-state index contributed by atoms with van der Waals surface area (Å²) in [7, 11) is 0. The molecule has 0 aliphatic carbocycles. The van der Waals surface area contributed by atoms with Gasteiger partial charge in [-0.2, -0.15) is 0 Å². The summed E-state index contributed by atoms with van der Waals surface area (Å²) in [6.45, 7) is 11.7. The summed E-state index contributed by atoms with van der Waals surface area (Å²) in [4.78, 5) is 2.36. The molecule has 1 aromatic carbocycles. The average Bonchev–Trinajstić information content (AvgIpc) is 2.43. The average molecular weight is 233 g/mol. The van der Waals surface area contributed by atoms with Crippen LogP contribution >= 0.6 is 0 Å². The smallest absolute Gasteiger partial charge is 0.0783 e. The van der Waals surface area contributed by atoms with Gasteiger partial charge in [-0.05, 0) is 52.2 Å². The summed E-state index contributed by atoms with van der Waals surface area (Å²) in [6.07, 6.45) is 0.627. The zero-order valence-corrected chi connectivity index (χ0v) is 11.5. The van der Waals surface area contributed by atoms with Crippen molar-refractivity contribution in [3.05, 3.63) is 28.8 Å². The van der Waals surface area contributed by atoms with Crippen LogP contribution in [-0.2, 0) is 0 Å². The molecule has 1 heterocycles. The van der Waals surface area contributed by atoms with Crippen LogP contribution in [-0.4, -0.2) is 23.3 Å². The Hall–Kier alpha value is -1.02. The van der Waals surface area contributed by atoms with Crippen molar-refractivity contribution < 1.29 is 5.11 Å². The van der Waals surface area contributed by atoms with E-state index in [2.05, 4.69) is 51.7 Å². The third-order valence-electron chi connectivity index (χ3n) is 4.04. The van der Waals surface area contributed by atoms with Crippen LogP contribution in [0.3, 0.4) is 0 Å². The van der Waals surface area contributed by atoms with E-state index < -0.39 is 0 Å². The summed E-state index contributed by atoms with van der Waals surface area (Å²) in [6, 6.07) is 4.45. The van der Waals surface area contributed by atoms with Crippen molar-refractivity contribution >= 4 is 5.69 Å². The van der Waals surface area contributed by atoms with Crippen molar-refractivity contribution in [2.45, 2.75) is 52.7 Å². The fraction of sp³-hybridized carbons (Fsp3) is 0.600. The van der Waals surface area contributed by atoms with Crippen molar-refractivity contribution in [1.29, 1.82) is 0 Å². The Bertz CT molecular complexity index is 414. The van der Waals surface area contributed by atoms with Crippen LogP contribution in [0.2, 0.25) is 0 Å². The minimum atomic E-state index is -0.234. The number of hydrogen-bond donors (Lipinski definition) is 1. The van der Waals surface area contributed by atoms with E-state index in [0.29, 0.717) is 0 Å². The lowest BCUT2D eigenvalue weighted by atomic mass is 9.96. The van der Waals surface area contributed by atoms with Crippen LogP contribution in [0, 0.1) is 20.8 Å². The first-order valence-corrected chi connectivity index (χ1v) is 6.37. The molecule has 1 N–H and O–H groups in total. The van der Waals surface area contributed by atoms with Gasteiger partial charge in [0, 0.05) is 12.2 Å². The molecule has 1 aliphatic rings. The van der Waals surface area contributed by atoms with Crippen LogP contribution in [0.1, 0.15) is 37.0 Å². The van der Waals surface area contributed by atoms with Crippen LogP contribution in [0.25, 0.3) is 0 Å². The largest absolute Gasteiger partial charge is 0.391 e. The van der Waals surface area contributed by atoms with Gasteiger partial charge in [-0.15, -0.1) is 0 Å². The molecule has 1 fully saturated rings. The summed E-state index contributed by atoms with van der Waals surface area (Å²) < 4.78 is 0. The molecular weight excluding hydrogens is 210 g/mol. The highest BCUT2D eigenvalue weighted by Crippen LogP contribution is 2.37. The first-order chi connectivity index (χ1) is 7.84. The standard InChI is InChI=1S/C15H23NO/c1-10-8-11(2)14(12(3)9-10)16-7-6-13(17)15(16,4)5/h8-9,13,17H,6-7H2,1-5H3. The highest BCUT2D eigenvalue weighted by atomic mass is 16.3. The SMILES string of the molecule is Cc1cc(C)c(N2CCC(O)C2(C)C)c(C)c1. The number of benzene rings is 1. The number of hydrogen-bond acceptors (Lipinski definition) is 2. The van der Waals surface area contributed by atoms with E-state index in [4.69, 9.17) is 0 Å². The minimum Gasteiger partial charge on any atom is -0.391 e. The Balaban J connectivity index is 2.49. The fourth-order valence-corrected chi connectivity index (χ4v) is 3.07. The Morgan fingerprint density at radius 1 is 1.18 bits per heavy atom. The van der Waals surface area contributed by atoms with Crippen molar-refractivity contribution in [2.24, 2.45) is 0 Å². The highest BCUT2D eigenvalue weighted by molar-refractivity contribution is 5.62. The third kappa shape index (κ3) is 1.95. The van der Waals surface area contributed by atoms with Gasteiger partial charge in [-0.3, -0.25) is 0 Å². The lowest BCUT2D eigenvalue weighted by molar-refractivity contribution is 0.127. The van der Waals surface area contributed by atoms with E-state index in [1.807, 2.05) is 0 Å². The molecule has 1 unspecified atom stereocenters. The van der Waals surface area contributed by atoms with Crippen LogP contribution < -0.4 is 4.90 Å². The number of nitrogens with zero attached hydrogens (tertiary/aromatic N) is 1. The third-order valence-corrected chi connectivity index (χ3v) is 4.04. The molecule has 94 valence electrons. The summed E-state index contributed by atoms with van der Waals surface area (Å²) in [5.41, 5.74) is 5.07. The maximum Gasteiger partial charge on any atom is 0.0783 e. The Morgan fingerprint density at radius 2 is 1.71 bits per heavy atom. The lowest BCUT2D eigenvalue weighted by Crippen LogP contribution is -2.45. The minimum absolute atomic E-state index is 0.162. The molecule has 0 amide bonds. The molecule has 0 saturated carbocycles. The van der Waals surface area contributed by atoms with E-state index in [-0.39, 0.29) is 11.6 Å². The molecule has 17 heavy (non-hydrogen) atoms. The molecule has 1 atom stereocenters. The summed E-state index contributed by atoms with van der Waals surface area (Å²) in [5.74, 6) is 0. The monoisotopic (exact) mass is 233 g/mol. The predicted molar refractivity (Wildman–Crippen MR) is 72.7 cm³/mol. The maximum absolute atomic E-state index is 10.1. The van der Waals surface area contributed by atoms with E-state index >= 15 is 0 Å². The molecule has 2 nitrogen and oxygen atoms in total. The molecule has 2 heteroatoms. The van der Waals surface area contributed by atoms with Gasteiger partial charge in [0.05, 0.1) is 11.6 Å². The molecule has 0 aromatic heterocycles. The van der Waals surface area contributed by atoms with Gasteiger partial charge in [-0.25, -0.2) is 0 Å². The normalized spacial score (nSPS) is 23.2. The molecule has 2 rings (SSSR count). The molecular formula is C15H23NO. The van der Waals surface area contributed by atoms with E-state index in [1.165, 1.54) is 22.4 Å². The van der Waals surface area contributed by atoms with Gasteiger partial charge in [0.1, 0.15) is 0 Å². The van der Waals surface area contributed by atoms with E-state index in [1.54, 1.807) is 0 Å². The van der Waals surface area contributed by atoms with Gasteiger partial charge >= 0.3 is 0 Å². The first kappa shape index (κ1) is 12.4. The Morgan fingerprint density at radius 3 is 2.12 bits per heavy atom. The van der Waals surface area contributed by atoms with Crippen molar-refractivity contribution in [2.75, 3.05) is 11.4 Å². The predicted octanol–water partition coefficient (Wildman–Crippen LogP) is 2.96. The molecule has 1 aliphatic heterocycles. The van der Waals surface area contributed by atoms with E-state index in [9.17, 15) is 5.11 Å². The van der Waals surface area contributed by atoms with Gasteiger partial charge < -0.3 is 10.0 Å². The van der Waals surface area contributed by atoms with Gasteiger partial charge in [0.25, 0.3) is 0 Å². The second-order valence-electron chi connectivity index (χ2n) is 5.86. The highest BCUT2D eigenvalue weighted by Gasteiger charge is 2.41. The van der Waals surface area contributed by atoms with Gasteiger partial charge in [0.15, 0.2) is 0 Å². The molecule has 1 aromatic rings. The number of aliphatic hydroxyl groups is 1. The first-order valence-electron chi connectivity index (χ1n) is 6.37. The van der Waals surface area contributed by atoms with Crippen molar-refractivity contribution in [3.8, 4) is 0 Å². The quantitative estimate of drug-likeness (QED) is 0.806. The topological polar surface area (TPSA) is 23.5 Å².